The SMILES string of the molecule is CCCNc1cc(-c2ccc(OC(CN(C[C@H](O)c3ccccc3)C(=O)O)C(C)(C)C)cc2)ccc1C(=O)NS(C)(=O)=O. The van der Waals surface area contributed by atoms with Crippen LogP contribution in [0.1, 0.15) is 56.1 Å². The molecule has 0 aromatic heterocycles. The highest BCUT2D eigenvalue weighted by molar-refractivity contribution is 7.89. The van der Waals surface area contributed by atoms with Gasteiger partial charge in [0.2, 0.25) is 10.0 Å². The van der Waals surface area contributed by atoms with Crippen molar-refractivity contribution in [3.63, 3.8) is 0 Å². The van der Waals surface area contributed by atoms with Gasteiger partial charge >= 0.3 is 6.09 Å². The number of hydrogen-bond donors (Lipinski definition) is 4. The van der Waals surface area contributed by atoms with E-state index in [1.165, 1.54) is 4.90 Å². The van der Waals surface area contributed by atoms with Crippen LogP contribution in [0.4, 0.5) is 10.5 Å². The number of rotatable bonds is 13. The summed E-state index contributed by atoms with van der Waals surface area (Å²) in [7, 11) is -3.72. The molecule has 232 valence electrons. The van der Waals surface area contributed by atoms with Crippen molar-refractivity contribution in [2.24, 2.45) is 5.41 Å². The zero-order valence-corrected chi connectivity index (χ0v) is 26.0. The Hall–Kier alpha value is -4.09. The summed E-state index contributed by atoms with van der Waals surface area (Å²) in [4.78, 5) is 25.9. The van der Waals surface area contributed by atoms with E-state index in [2.05, 4.69) is 5.32 Å². The molecule has 3 aromatic carbocycles. The minimum absolute atomic E-state index is 0.0495. The summed E-state index contributed by atoms with van der Waals surface area (Å²) < 4.78 is 31.5. The Kier molecular flexibility index (Phi) is 11.2. The number of carboxylic acid groups (broad SMARTS) is 1. The molecule has 0 spiro atoms. The number of carbonyl (C=O) groups is 2. The summed E-state index contributed by atoms with van der Waals surface area (Å²) in [5.41, 5.74) is 2.59. The van der Waals surface area contributed by atoms with Crippen molar-refractivity contribution >= 4 is 27.7 Å². The van der Waals surface area contributed by atoms with Crippen LogP contribution in [0.2, 0.25) is 0 Å². The zero-order chi connectivity index (χ0) is 31.8. The van der Waals surface area contributed by atoms with Crippen LogP contribution in [0.3, 0.4) is 0 Å². The summed E-state index contributed by atoms with van der Waals surface area (Å²) in [6.07, 6.45) is -0.903. The van der Waals surface area contributed by atoms with E-state index in [-0.39, 0.29) is 18.7 Å². The van der Waals surface area contributed by atoms with E-state index in [9.17, 15) is 28.2 Å². The van der Waals surface area contributed by atoms with Crippen LogP contribution in [0.25, 0.3) is 11.1 Å². The predicted molar refractivity (Wildman–Crippen MR) is 168 cm³/mol. The number of benzene rings is 3. The first-order valence-electron chi connectivity index (χ1n) is 14.1. The molecule has 0 bridgehead atoms. The van der Waals surface area contributed by atoms with Gasteiger partial charge in [-0.25, -0.2) is 17.9 Å². The third-order valence-electron chi connectivity index (χ3n) is 6.77. The van der Waals surface area contributed by atoms with Crippen LogP contribution in [0.5, 0.6) is 5.75 Å². The van der Waals surface area contributed by atoms with Crippen molar-refractivity contribution in [2.45, 2.75) is 46.3 Å². The van der Waals surface area contributed by atoms with Gasteiger partial charge in [-0.1, -0.05) is 76.2 Å². The van der Waals surface area contributed by atoms with Gasteiger partial charge < -0.3 is 25.2 Å². The standard InChI is InChI=1S/C32H41N3O7S/c1-6-18-33-27-19-24(14-17-26(27)30(37)34-43(5,40)41)22-12-15-25(16-13-22)42-29(32(2,3)4)21-35(31(38)39)20-28(36)23-10-8-7-9-11-23/h7-17,19,28-29,33,36H,6,18,20-21H2,1-5H3,(H,34,37)(H,38,39)/t28-,29?/m0/s1. The third-order valence-corrected chi connectivity index (χ3v) is 7.33. The molecule has 4 N–H and O–H groups in total. The Morgan fingerprint density at radius 1 is 0.953 bits per heavy atom. The smallest absolute Gasteiger partial charge is 0.407 e. The maximum atomic E-state index is 12.6. The highest BCUT2D eigenvalue weighted by atomic mass is 32.2. The van der Waals surface area contributed by atoms with E-state index in [4.69, 9.17) is 4.74 Å². The summed E-state index contributed by atoms with van der Waals surface area (Å²) in [6, 6.07) is 21.3. The fourth-order valence-electron chi connectivity index (χ4n) is 4.35. The molecule has 0 heterocycles. The van der Waals surface area contributed by atoms with Gasteiger partial charge in [0.1, 0.15) is 11.9 Å². The van der Waals surface area contributed by atoms with Crippen LogP contribution < -0.4 is 14.8 Å². The molecule has 10 nitrogen and oxygen atoms in total. The molecule has 3 aromatic rings. The number of anilines is 1. The second-order valence-electron chi connectivity index (χ2n) is 11.5. The molecular formula is C32H41N3O7S. The normalized spacial score (nSPS) is 13.1. The average molecular weight is 612 g/mol. The van der Waals surface area contributed by atoms with Crippen LogP contribution in [-0.2, 0) is 10.0 Å². The van der Waals surface area contributed by atoms with E-state index < -0.39 is 39.6 Å². The number of ether oxygens (including phenoxy) is 1. The molecule has 0 radical (unpaired) electrons. The lowest BCUT2D eigenvalue weighted by Crippen LogP contribution is -2.46. The molecular weight excluding hydrogens is 570 g/mol. The molecule has 1 unspecified atom stereocenters. The number of amides is 2. The maximum absolute atomic E-state index is 12.6. The molecule has 0 fully saturated rings. The van der Waals surface area contributed by atoms with E-state index in [1.807, 2.05) is 50.6 Å². The minimum Gasteiger partial charge on any atom is -0.488 e. The Bertz CT molecular complexity index is 1490. The lowest BCUT2D eigenvalue weighted by molar-refractivity contribution is 0.0316. The van der Waals surface area contributed by atoms with E-state index in [1.54, 1.807) is 54.6 Å². The summed E-state index contributed by atoms with van der Waals surface area (Å²) in [5, 5.41) is 23.7. The van der Waals surface area contributed by atoms with E-state index in [0.717, 1.165) is 23.8 Å². The molecule has 3 rings (SSSR count). The van der Waals surface area contributed by atoms with Crippen LogP contribution in [0, 0.1) is 5.41 Å². The van der Waals surface area contributed by atoms with Crippen molar-refractivity contribution in [1.29, 1.82) is 0 Å². The lowest BCUT2D eigenvalue weighted by atomic mass is 9.88. The molecule has 0 aliphatic rings. The first-order valence-corrected chi connectivity index (χ1v) is 15.9. The van der Waals surface area contributed by atoms with Gasteiger partial charge in [-0.2, -0.15) is 0 Å². The van der Waals surface area contributed by atoms with Gasteiger partial charge in [-0.15, -0.1) is 0 Å². The number of nitrogens with zero attached hydrogens (tertiary/aromatic N) is 1. The second kappa shape index (κ2) is 14.4. The largest absolute Gasteiger partial charge is 0.488 e. The average Bonchev–Trinajstić information content (AvgIpc) is 2.94. The summed E-state index contributed by atoms with van der Waals surface area (Å²) in [6.45, 7) is 8.43. The van der Waals surface area contributed by atoms with Gasteiger partial charge in [-0.3, -0.25) is 4.79 Å². The summed E-state index contributed by atoms with van der Waals surface area (Å²) in [5.74, 6) is -0.164. The van der Waals surface area contributed by atoms with Crippen molar-refractivity contribution < 1.29 is 33.0 Å². The highest BCUT2D eigenvalue weighted by Gasteiger charge is 2.31. The van der Waals surface area contributed by atoms with Gasteiger partial charge in [0.25, 0.3) is 5.91 Å². The summed E-state index contributed by atoms with van der Waals surface area (Å²) >= 11 is 0. The second-order valence-corrected chi connectivity index (χ2v) is 13.2. The Morgan fingerprint density at radius 2 is 1.58 bits per heavy atom. The maximum Gasteiger partial charge on any atom is 0.407 e. The van der Waals surface area contributed by atoms with E-state index >= 15 is 0 Å². The van der Waals surface area contributed by atoms with Crippen molar-refractivity contribution in [3.05, 3.63) is 83.9 Å². The van der Waals surface area contributed by atoms with Crippen LogP contribution in [-0.4, -0.2) is 67.5 Å². The molecule has 0 saturated carbocycles. The minimum atomic E-state index is -3.72. The first-order chi connectivity index (χ1) is 20.2. The number of aliphatic hydroxyl groups excluding tert-OH is 1. The van der Waals surface area contributed by atoms with E-state index in [0.29, 0.717) is 23.5 Å². The first kappa shape index (κ1) is 33.4. The quantitative estimate of drug-likeness (QED) is 0.202. The highest BCUT2D eigenvalue weighted by Crippen LogP contribution is 2.30. The van der Waals surface area contributed by atoms with Crippen molar-refractivity contribution in [1.82, 2.24) is 9.62 Å². The van der Waals surface area contributed by atoms with Gasteiger partial charge in [0, 0.05) is 17.6 Å². The monoisotopic (exact) mass is 611 g/mol. The van der Waals surface area contributed by atoms with Gasteiger partial charge in [0.15, 0.2) is 0 Å². The number of nitrogens with one attached hydrogen (secondary N) is 2. The fraction of sp³-hybridized carbons (Fsp3) is 0.375. The van der Waals surface area contributed by atoms with Crippen molar-refractivity contribution in [3.8, 4) is 16.9 Å². The fourth-order valence-corrected chi connectivity index (χ4v) is 4.80. The van der Waals surface area contributed by atoms with Crippen molar-refractivity contribution in [2.75, 3.05) is 31.2 Å². The Labute approximate surface area is 253 Å². The number of aliphatic hydroxyl groups is 1. The molecule has 0 aliphatic carbocycles. The van der Waals surface area contributed by atoms with Crippen LogP contribution >= 0.6 is 0 Å². The number of sulfonamides is 1. The lowest BCUT2D eigenvalue weighted by Gasteiger charge is -2.35. The predicted octanol–water partition coefficient (Wildman–Crippen LogP) is 5.37. The topological polar surface area (TPSA) is 145 Å². The molecule has 2 atom stereocenters. The van der Waals surface area contributed by atoms with Gasteiger partial charge in [-0.05, 0) is 47.4 Å². The van der Waals surface area contributed by atoms with Gasteiger partial charge in [0.05, 0.1) is 31.0 Å². The number of hydrogen-bond acceptors (Lipinski definition) is 7. The molecule has 2 amide bonds. The third kappa shape index (κ3) is 10.0. The zero-order valence-electron chi connectivity index (χ0n) is 25.2. The van der Waals surface area contributed by atoms with Crippen LogP contribution in [0.15, 0.2) is 72.8 Å². The molecule has 43 heavy (non-hydrogen) atoms. The molecule has 11 heteroatoms. The molecule has 0 saturated heterocycles. The Morgan fingerprint density at radius 3 is 2.14 bits per heavy atom. The number of carbonyl (C=O) groups excluding carboxylic acids is 1. The molecule has 0 aliphatic heterocycles. The Balaban J connectivity index is 1.80.